The van der Waals surface area contributed by atoms with E-state index in [-0.39, 0.29) is 18.5 Å². The van der Waals surface area contributed by atoms with Crippen LogP contribution in [0, 0.1) is 0 Å². The summed E-state index contributed by atoms with van der Waals surface area (Å²) in [6.45, 7) is 3.89. The maximum absolute atomic E-state index is 12.4. The third-order valence-electron chi connectivity index (χ3n) is 3.90. The van der Waals surface area contributed by atoms with E-state index in [4.69, 9.17) is 28.3 Å². The second kappa shape index (κ2) is 7.64. The number of piperidine rings is 1. The van der Waals surface area contributed by atoms with Crippen molar-refractivity contribution in [3.63, 3.8) is 0 Å². The van der Waals surface area contributed by atoms with Crippen LogP contribution in [0.25, 0.3) is 0 Å². The fourth-order valence-electron chi connectivity index (χ4n) is 2.76. The third-order valence-corrected chi connectivity index (χ3v) is 5.39. The molecule has 0 bridgehead atoms. The molecule has 22 heavy (non-hydrogen) atoms. The van der Waals surface area contributed by atoms with Gasteiger partial charge in [-0.25, -0.2) is 0 Å². The standard InChI is InChI=1S/C14H18Cl2N2O3S/c1-2-17(8-12(19)20)9-3-5-18(6-4-9)14(21)10-7-11(15)22-13(10)16/h7,9H,2-6,8H2,1H3,(H,19,20). The van der Waals surface area contributed by atoms with Crippen molar-refractivity contribution < 1.29 is 14.7 Å². The molecule has 0 saturated carbocycles. The Hall–Kier alpha value is -0.820. The SMILES string of the molecule is CCN(CC(=O)O)C1CCN(C(=O)c2cc(Cl)sc2Cl)CC1. The Morgan fingerprint density at radius 1 is 1.41 bits per heavy atom. The van der Waals surface area contributed by atoms with Gasteiger partial charge >= 0.3 is 5.97 Å². The molecule has 1 saturated heterocycles. The molecule has 2 rings (SSSR count). The van der Waals surface area contributed by atoms with Crippen molar-refractivity contribution in [2.24, 2.45) is 0 Å². The first kappa shape index (κ1) is 17.5. The second-order valence-electron chi connectivity index (χ2n) is 5.22. The van der Waals surface area contributed by atoms with Gasteiger partial charge in [0.1, 0.15) is 4.34 Å². The molecule has 0 aromatic carbocycles. The molecule has 1 aliphatic rings. The van der Waals surface area contributed by atoms with E-state index in [1.54, 1.807) is 11.0 Å². The average Bonchev–Trinajstić information content (AvgIpc) is 2.82. The number of rotatable bonds is 5. The minimum Gasteiger partial charge on any atom is -0.480 e. The van der Waals surface area contributed by atoms with E-state index < -0.39 is 5.97 Å². The van der Waals surface area contributed by atoms with Crippen LogP contribution >= 0.6 is 34.5 Å². The first-order valence-electron chi connectivity index (χ1n) is 7.12. The predicted molar refractivity (Wildman–Crippen MR) is 88.1 cm³/mol. The van der Waals surface area contributed by atoms with Crippen LogP contribution in [0.5, 0.6) is 0 Å². The first-order chi connectivity index (χ1) is 10.4. The van der Waals surface area contributed by atoms with Gasteiger partial charge in [0.05, 0.1) is 16.4 Å². The van der Waals surface area contributed by atoms with E-state index in [1.165, 1.54) is 11.3 Å². The molecule has 1 aliphatic heterocycles. The maximum Gasteiger partial charge on any atom is 0.317 e. The second-order valence-corrected chi connectivity index (χ2v) is 7.50. The summed E-state index contributed by atoms with van der Waals surface area (Å²) >= 11 is 13.1. The molecule has 0 unspecified atom stereocenters. The fourth-order valence-corrected chi connectivity index (χ4v) is 4.21. The lowest BCUT2D eigenvalue weighted by Crippen LogP contribution is -2.48. The lowest BCUT2D eigenvalue weighted by molar-refractivity contribution is -0.139. The van der Waals surface area contributed by atoms with Gasteiger partial charge in [-0.3, -0.25) is 14.5 Å². The number of carboxylic acids is 1. The summed E-state index contributed by atoms with van der Waals surface area (Å²) in [5.74, 6) is -0.923. The largest absolute Gasteiger partial charge is 0.480 e. The highest BCUT2D eigenvalue weighted by Gasteiger charge is 2.29. The van der Waals surface area contributed by atoms with Gasteiger partial charge in [0.25, 0.3) is 5.91 Å². The van der Waals surface area contributed by atoms with Gasteiger partial charge in [-0.05, 0) is 25.5 Å². The van der Waals surface area contributed by atoms with Crippen LogP contribution in [0.3, 0.4) is 0 Å². The summed E-state index contributed by atoms with van der Waals surface area (Å²) in [4.78, 5) is 27.0. The van der Waals surface area contributed by atoms with Crippen molar-refractivity contribution in [3.05, 3.63) is 20.3 Å². The minimum absolute atomic E-state index is 0.0427. The molecule has 0 radical (unpaired) electrons. The Morgan fingerprint density at radius 2 is 2.05 bits per heavy atom. The molecule has 1 aromatic rings. The van der Waals surface area contributed by atoms with Crippen molar-refractivity contribution in [1.82, 2.24) is 9.80 Å². The van der Waals surface area contributed by atoms with Gasteiger partial charge < -0.3 is 10.0 Å². The Labute approximate surface area is 143 Å². The van der Waals surface area contributed by atoms with Crippen molar-refractivity contribution in [3.8, 4) is 0 Å². The molecule has 0 aliphatic carbocycles. The number of hydrogen-bond donors (Lipinski definition) is 1. The first-order valence-corrected chi connectivity index (χ1v) is 8.69. The molecule has 1 amide bonds. The highest BCUT2D eigenvalue weighted by atomic mass is 35.5. The molecular weight excluding hydrogens is 347 g/mol. The van der Waals surface area contributed by atoms with Crippen LogP contribution in [0.2, 0.25) is 8.67 Å². The Kier molecular flexibility index (Phi) is 6.09. The van der Waals surface area contributed by atoms with E-state index in [2.05, 4.69) is 0 Å². The topological polar surface area (TPSA) is 60.9 Å². The van der Waals surface area contributed by atoms with Gasteiger partial charge in [0.2, 0.25) is 0 Å². The zero-order valence-corrected chi connectivity index (χ0v) is 14.5. The van der Waals surface area contributed by atoms with Crippen molar-refractivity contribution in [2.75, 3.05) is 26.2 Å². The van der Waals surface area contributed by atoms with Crippen LogP contribution in [0.1, 0.15) is 30.1 Å². The summed E-state index contributed by atoms with van der Waals surface area (Å²) in [6.07, 6.45) is 1.53. The van der Waals surface area contributed by atoms with E-state index in [1.807, 2.05) is 11.8 Å². The molecule has 122 valence electrons. The van der Waals surface area contributed by atoms with Crippen molar-refractivity contribution >= 4 is 46.4 Å². The van der Waals surface area contributed by atoms with Crippen LogP contribution < -0.4 is 0 Å². The molecule has 0 spiro atoms. The lowest BCUT2D eigenvalue weighted by atomic mass is 10.0. The average molecular weight is 365 g/mol. The molecule has 0 atom stereocenters. The van der Waals surface area contributed by atoms with Crippen molar-refractivity contribution in [2.45, 2.75) is 25.8 Å². The summed E-state index contributed by atoms with van der Waals surface area (Å²) in [5.41, 5.74) is 0.452. The normalized spacial score (nSPS) is 16.3. The van der Waals surface area contributed by atoms with E-state index >= 15 is 0 Å². The molecular formula is C14H18Cl2N2O3S. The minimum atomic E-state index is -0.819. The molecule has 5 nitrogen and oxygen atoms in total. The van der Waals surface area contributed by atoms with Crippen LogP contribution in [0.4, 0.5) is 0 Å². The summed E-state index contributed by atoms with van der Waals surface area (Å²) in [6, 6.07) is 1.80. The number of carboxylic acid groups (broad SMARTS) is 1. The Bertz CT molecular complexity index is 556. The van der Waals surface area contributed by atoms with E-state index in [9.17, 15) is 9.59 Å². The summed E-state index contributed by atoms with van der Waals surface area (Å²) in [5, 5.41) is 8.94. The quantitative estimate of drug-likeness (QED) is 0.871. The number of thiophene rings is 1. The maximum atomic E-state index is 12.4. The molecule has 1 fully saturated rings. The number of nitrogens with zero attached hydrogens (tertiary/aromatic N) is 2. The lowest BCUT2D eigenvalue weighted by Gasteiger charge is -2.37. The number of likely N-dealkylation sites (tertiary alicyclic amines) is 1. The van der Waals surface area contributed by atoms with Gasteiger partial charge in [-0.15, -0.1) is 11.3 Å². The Balaban J connectivity index is 1.95. The Morgan fingerprint density at radius 3 is 2.50 bits per heavy atom. The zero-order valence-electron chi connectivity index (χ0n) is 12.2. The number of likely N-dealkylation sites (N-methyl/N-ethyl adjacent to an activating group) is 1. The zero-order chi connectivity index (χ0) is 16.3. The summed E-state index contributed by atoms with van der Waals surface area (Å²) < 4.78 is 0.917. The number of hydrogen-bond acceptors (Lipinski definition) is 4. The van der Waals surface area contributed by atoms with Crippen LogP contribution in [-0.2, 0) is 4.79 Å². The summed E-state index contributed by atoms with van der Waals surface area (Å²) in [7, 11) is 0. The number of carbonyl (C=O) groups is 2. The van der Waals surface area contributed by atoms with Crippen LogP contribution in [-0.4, -0.2) is 59.0 Å². The number of aliphatic carboxylic acids is 1. The fraction of sp³-hybridized carbons (Fsp3) is 0.571. The smallest absolute Gasteiger partial charge is 0.317 e. The third kappa shape index (κ3) is 4.13. The monoisotopic (exact) mass is 364 g/mol. The van der Waals surface area contributed by atoms with Gasteiger partial charge in [-0.2, -0.15) is 0 Å². The highest BCUT2D eigenvalue weighted by molar-refractivity contribution is 7.20. The van der Waals surface area contributed by atoms with E-state index in [0.717, 1.165) is 12.8 Å². The van der Waals surface area contributed by atoms with Crippen molar-refractivity contribution in [1.29, 1.82) is 0 Å². The van der Waals surface area contributed by atoms with E-state index in [0.29, 0.717) is 33.9 Å². The van der Waals surface area contributed by atoms with Crippen LogP contribution in [0.15, 0.2) is 6.07 Å². The predicted octanol–water partition coefficient (Wildman–Crippen LogP) is 3.07. The number of amides is 1. The van der Waals surface area contributed by atoms with Gasteiger partial charge in [-0.1, -0.05) is 30.1 Å². The van der Waals surface area contributed by atoms with Gasteiger partial charge in [0, 0.05) is 19.1 Å². The molecule has 1 N–H and O–H groups in total. The highest BCUT2D eigenvalue weighted by Crippen LogP contribution is 2.32. The van der Waals surface area contributed by atoms with Gasteiger partial charge in [0.15, 0.2) is 0 Å². The molecule has 1 aromatic heterocycles. The number of halogens is 2. The number of carbonyl (C=O) groups excluding carboxylic acids is 1. The molecule has 2 heterocycles. The molecule has 8 heteroatoms.